The molecule has 1 aliphatic heterocycles. The zero-order chi connectivity index (χ0) is 42.9. The zero-order valence-corrected chi connectivity index (χ0v) is 36.5. The fraction of sp³-hybridized carbons (Fsp3) is 0.177. The van der Waals surface area contributed by atoms with E-state index in [1.165, 1.54) is 83.1 Å². The third-order valence-electron chi connectivity index (χ3n) is 15.3. The van der Waals surface area contributed by atoms with Gasteiger partial charge in [-0.05, 0) is 139 Å². The van der Waals surface area contributed by atoms with Crippen molar-refractivity contribution < 1.29 is 0 Å². The third kappa shape index (κ3) is 6.16. The van der Waals surface area contributed by atoms with E-state index in [-0.39, 0.29) is 23.7 Å². The van der Waals surface area contributed by atoms with E-state index in [9.17, 15) is 0 Å². The minimum Gasteiger partial charge on any atom is -0.354 e. The molecule has 0 aromatic heterocycles. The Hall–Kier alpha value is -7.07. The molecular formula is C62H51N3. The monoisotopic (exact) mass is 837 g/mol. The normalized spacial score (nSPS) is 24.2. The van der Waals surface area contributed by atoms with Crippen LogP contribution in [0, 0.1) is 17.8 Å². The van der Waals surface area contributed by atoms with Gasteiger partial charge in [0.2, 0.25) is 0 Å². The van der Waals surface area contributed by atoms with E-state index in [0.29, 0.717) is 11.8 Å². The molecule has 13 rings (SSSR count). The number of nitrogens with zero attached hydrogens (tertiary/aromatic N) is 1. The minimum atomic E-state index is -0.362. The molecule has 0 radical (unpaired) electrons. The summed E-state index contributed by atoms with van der Waals surface area (Å²) in [5, 5.41) is 10.2. The Morgan fingerprint density at radius 1 is 0.615 bits per heavy atom. The average Bonchev–Trinajstić information content (AvgIpc) is 3.85. The van der Waals surface area contributed by atoms with Crippen molar-refractivity contribution in [3.05, 3.63) is 251 Å². The molecule has 65 heavy (non-hydrogen) atoms. The Labute approximate surface area is 382 Å². The van der Waals surface area contributed by atoms with Crippen molar-refractivity contribution in [2.45, 2.75) is 49.9 Å². The Morgan fingerprint density at radius 3 is 2.14 bits per heavy atom. The van der Waals surface area contributed by atoms with Gasteiger partial charge in [-0.3, -0.25) is 5.32 Å². The van der Waals surface area contributed by atoms with Crippen LogP contribution in [0.2, 0.25) is 0 Å². The van der Waals surface area contributed by atoms with Crippen LogP contribution in [0.25, 0.3) is 44.2 Å². The second-order valence-electron chi connectivity index (χ2n) is 18.8. The van der Waals surface area contributed by atoms with Crippen LogP contribution >= 0.6 is 0 Å². The second kappa shape index (κ2) is 15.6. The highest BCUT2D eigenvalue weighted by Crippen LogP contribution is 2.66. The summed E-state index contributed by atoms with van der Waals surface area (Å²) in [4.78, 5) is 5.22. The van der Waals surface area contributed by atoms with Crippen molar-refractivity contribution >= 4 is 27.8 Å². The average molecular weight is 838 g/mol. The summed E-state index contributed by atoms with van der Waals surface area (Å²) in [6, 6.07) is 50.4. The highest BCUT2D eigenvalue weighted by molar-refractivity contribution is 6.10. The number of allylic oxidation sites excluding steroid dienone is 14. The lowest BCUT2D eigenvalue weighted by atomic mass is 9.65. The fourth-order valence-corrected chi connectivity index (χ4v) is 12.3. The van der Waals surface area contributed by atoms with Crippen LogP contribution in [-0.2, 0) is 5.41 Å². The molecular weight excluding hydrogens is 787 g/mol. The number of aliphatic imine (C=N–C) groups is 1. The van der Waals surface area contributed by atoms with Gasteiger partial charge in [0.25, 0.3) is 0 Å². The number of hydrogen-bond acceptors (Lipinski definition) is 3. The van der Waals surface area contributed by atoms with E-state index in [4.69, 9.17) is 4.99 Å². The Balaban J connectivity index is 0.821. The molecule has 1 spiro atoms. The van der Waals surface area contributed by atoms with E-state index < -0.39 is 0 Å². The van der Waals surface area contributed by atoms with Gasteiger partial charge in [-0.2, -0.15) is 0 Å². The van der Waals surface area contributed by atoms with Gasteiger partial charge in [0.05, 0.1) is 5.41 Å². The molecule has 5 atom stereocenters. The second-order valence-corrected chi connectivity index (χ2v) is 18.8. The summed E-state index contributed by atoms with van der Waals surface area (Å²) in [5.74, 6) is 2.12. The molecule has 314 valence electrons. The summed E-state index contributed by atoms with van der Waals surface area (Å²) >= 11 is 0. The van der Waals surface area contributed by atoms with E-state index in [0.717, 1.165) is 37.9 Å². The van der Waals surface area contributed by atoms with Crippen LogP contribution in [0.1, 0.15) is 71.7 Å². The molecule has 6 aromatic carbocycles. The maximum atomic E-state index is 5.22. The molecule has 0 saturated carbocycles. The Bertz CT molecular complexity index is 3160. The summed E-state index contributed by atoms with van der Waals surface area (Å²) in [6.45, 7) is 0. The van der Waals surface area contributed by atoms with Crippen molar-refractivity contribution in [3.63, 3.8) is 0 Å². The molecule has 5 unspecified atom stereocenters. The van der Waals surface area contributed by atoms with E-state index >= 15 is 0 Å². The lowest BCUT2D eigenvalue weighted by Gasteiger charge is -2.36. The lowest BCUT2D eigenvalue weighted by Crippen LogP contribution is -2.50. The molecule has 3 nitrogen and oxygen atoms in total. The van der Waals surface area contributed by atoms with Gasteiger partial charge >= 0.3 is 0 Å². The number of fused-ring (bicyclic) bond motifs is 10. The van der Waals surface area contributed by atoms with Gasteiger partial charge in [-0.25, -0.2) is 4.99 Å². The van der Waals surface area contributed by atoms with Gasteiger partial charge in [-0.15, -0.1) is 0 Å². The van der Waals surface area contributed by atoms with Crippen LogP contribution in [0.3, 0.4) is 0 Å². The summed E-state index contributed by atoms with van der Waals surface area (Å²) in [7, 11) is 0. The molecule has 0 fully saturated rings. The van der Waals surface area contributed by atoms with Crippen molar-refractivity contribution in [1.82, 2.24) is 10.6 Å². The van der Waals surface area contributed by atoms with Gasteiger partial charge in [0.15, 0.2) is 0 Å². The van der Waals surface area contributed by atoms with Crippen molar-refractivity contribution in [2.75, 3.05) is 0 Å². The molecule has 3 heteroatoms. The van der Waals surface area contributed by atoms with E-state index in [2.05, 4.69) is 217 Å². The first-order valence-corrected chi connectivity index (χ1v) is 23.7. The first kappa shape index (κ1) is 38.4. The minimum absolute atomic E-state index is 0.0174. The highest BCUT2D eigenvalue weighted by atomic mass is 15.3. The number of amidine groups is 1. The standard InChI is InChI=1S/C62H51N3/c1-4-16-43(17-5-1)57-49-23-11-10-22-48(49)39-56-58(57)52-37-36-47(38-55(52)62(56)53-26-14-12-24-50(53)51-25-13-15-27-54(51)62)42-30-28-40(29-31-42)41-32-34-46(35-33-41)61-64-59(44-18-6-2-7-19-44)63-60(65-61)45-20-8-3-9-21-45/h1-8,10-18,20,22-30,32-37,39,42,44,47,60-61,65H,9,19,21,31,38H2,(H,63,64). The lowest BCUT2D eigenvalue weighted by molar-refractivity contribution is 0.415. The van der Waals surface area contributed by atoms with Crippen LogP contribution in [0.15, 0.2) is 223 Å². The molecule has 0 amide bonds. The first-order valence-electron chi connectivity index (χ1n) is 23.7. The van der Waals surface area contributed by atoms with Gasteiger partial charge < -0.3 is 5.32 Å². The van der Waals surface area contributed by atoms with E-state index in [1.807, 2.05) is 0 Å². The maximum Gasteiger partial charge on any atom is 0.125 e. The first-order chi connectivity index (χ1) is 32.2. The molecule has 0 bridgehead atoms. The molecule has 6 aliphatic carbocycles. The van der Waals surface area contributed by atoms with Crippen molar-refractivity contribution in [1.29, 1.82) is 0 Å². The molecule has 0 saturated heterocycles. The topological polar surface area (TPSA) is 36.4 Å². The fourth-order valence-electron chi connectivity index (χ4n) is 12.3. The Morgan fingerprint density at radius 2 is 1.38 bits per heavy atom. The molecule has 1 heterocycles. The van der Waals surface area contributed by atoms with Crippen LogP contribution < -0.4 is 10.6 Å². The van der Waals surface area contributed by atoms with Crippen molar-refractivity contribution in [3.8, 4) is 22.3 Å². The zero-order valence-electron chi connectivity index (χ0n) is 36.5. The van der Waals surface area contributed by atoms with Crippen LogP contribution in [-0.4, -0.2) is 12.0 Å². The number of rotatable bonds is 6. The maximum absolute atomic E-state index is 5.22. The SMILES string of the molecule is C1=CCCC(C2N=C(C3C=CC=CC3)NC(c3ccc(C4=CCC(C5C=CC6=C(C5)C5(c7ccccc7-c7ccccc75)c5cc7ccccc7c(-c7ccccc7)c56)C=C4)cc3)N2)=C1. The third-order valence-corrected chi connectivity index (χ3v) is 15.3. The van der Waals surface area contributed by atoms with Gasteiger partial charge in [-0.1, -0.05) is 200 Å². The molecule has 7 aliphatic rings. The molecule has 6 aromatic rings. The summed E-state index contributed by atoms with van der Waals surface area (Å²) < 4.78 is 0. The van der Waals surface area contributed by atoms with Crippen molar-refractivity contribution in [2.24, 2.45) is 22.7 Å². The van der Waals surface area contributed by atoms with Crippen LogP contribution in [0.5, 0.6) is 0 Å². The largest absolute Gasteiger partial charge is 0.354 e. The van der Waals surface area contributed by atoms with Gasteiger partial charge in [0.1, 0.15) is 18.2 Å². The molecule has 2 N–H and O–H groups in total. The smallest absolute Gasteiger partial charge is 0.125 e. The number of nitrogens with one attached hydrogen (secondary N) is 2. The van der Waals surface area contributed by atoms with E-state index in [1.54, 1.807) is 5.57 Å². The predicted octanol–water partition coefficient (Wildman–Crippen LogP) is 14.1. The highest BCUT2D eigenvalue weighted by Gasteiger charge is 2.54. The Kier molecular flexibility index (Phi) is 9.20. The summed E-state index contributed by atoms with van der Waals surface area (Å²) in [5.41, 5.74) is 18.8. The van der Waals surface area contributed by atoms with Crippen LogP contribution in [0.4, 0.5) is 0 Å². The number of hydrogen-bond donors (Lipinski definition) is 2. The summed E-state index contributed by atoms with van der Waals surface area (Å²) in [6.07, 6.45) is 33.0. The van der Waals surface area contributed by atoms with Gasteiger partial charge in [0, 0.05) is 5.92 Å². The predicted molar refractivity (Wildman–Crippen MR) is 270 cm³/mol. The quantitative estimate of drug-likeness (QED) is 0.175. The number of benzene rings is 6.